The first-order valence-corrected chi connectivity index (χ1v) is 7.95. The highest BCUT2D eigenvalue weighted by atomic mass is 32.1. The van der Waals surface area contributed by atoms with Gasteiger partial charge in [0.05, 0.1) is 18.5 Å². The number of carbonyl (C=O) groups is 1. The fourth-order valence-electron chi connectivity index (χ4n) is 2.94. The van der Waals surface area contributed by atoms with Gasteiger partial charge in [0, 0.05) is 18.0 Å². The van der Waals surface area contributed by atoms with Gasteiger partial charge >= 0.3 is 0 Å². The maximum Gasteiger partial charge on any atom is 0.266 e. The fourth-order valence-corrected chi connectivity index (χ4v) is 3.93. The molecule has 2 aromatic rings. The highest BCUT2D eigenvalue weighted by Crippen LogP contribution is 2.34. The second kappa shape index (κ2) is 5.95. The average molecular weight is 306 g/mol. The summed E-state index contributed by atoms with van der Waals surface area (Å²) in [4.78, 5) is 15.8. The Labute approximate surface area is 126 Å². The minimum Gasteiger partial charge on any atom is -0.397 e. The summed E-state index contributed by atoms with van der Waals surface area (Å²) >= 11 is 1.27. The van der Waals surface area contributed by atoms with E-state index in [0.29, 0.717) is 21.9 Å². The first kappa shape index (κ1) is 14.2. The number of anilines is 1. The number of hydrogen-bond acceptors (Lipinski definition) is 6. The van der Waals surface area contributed by atoms with Gasteiger partial charge in [-0.15, -0.1) is 16.4 Å². The fraction of sp³-hybridized carbons (Fsp3) is 0.500. The molecule has 1 amide bonds. The Balaban J connectivity index is 1.95. The first-order valence-electron chi connectivity index (χ1n) is 7.14. The summed E-state index contributed by atoms with van der Waals surface area (Å²) in [6.07, 6.45) is 5.83. The molecule has 3 rings (SSSR count). The first-order chi connectivity index (χ1) is 10.2. The molecule has 0 unspecified atom stereocenters. The van der Waals surface area contributed by atoms with Crippen LogP contribution in [-0.4, -0.2) is 45.3 Å². The quantitative estimate of drug-likeness (QED) is 0.896. The topological polar surface area (TPSA) is 92.3 Å². The maximum atomic E-state index is 12.8. The molecule has 0 aromatic carbocycles. The summed E-state index contributed by atoms with van der Waals surface area (Å²) in [5.74, 6) is -0.101. The molecule has 0 radical (unpaired) electrons. The Morgan fingerprint density at radius 1 is 1.48 bits per heavy atom. The largest absolute Gasteiger partial charge is 0.397 e. The normalized spacial score (nSPS) is 15.7. The molecule has 3 N–H and O–H groups in total. The number of aliphatic hydroxyl groups excluding tert-OH is 1. The molecule has 21 heavy (non-hydrogen) atoms. The van der Waals surface area contributed by atoms with E-state index >= 15 is 0 Å². The van der Waals surface area contributed by atoms with Gasteiger partial charge in [-0.2, -0.15) is 5.10 Å². The smallest absolute Gasteiger partial charge is 0.266 e. The summed E-state index contributed by atoms with van der Waals surface area (Å²) in [6, 6.07) is 1.98. The van der Waals surface area contributed by atoms with Gasteiger partial charge in [-0.05, 0) is 18.9 Å². The molecule has 2 heterocycles. The van der Waals surface area contributed by atoms with Gasteiger partial charge in [-0.1, -0.05) is 12.8 Å². The van der Waals surface area contributed by atoms with Crippen LogP contribution in [0.25, 0.3) is 10.2 Å². The molecule has 0 spiro atoms. The number of nitrogen functional groups attached to an aromatic ring is 1. The van der Waals surface area contributed by atoms with E-state index < -0.39 is 0 Å². The zero-order chi connectivity index (χ0) is 14.8. The molecule has 1 aliphatic rings. The Hall–Kier alpha value is -1.73. The Morgan fingerprint density at radius 2 is 2.24 bits per heavy atom. The molecule has 2 aromatic heterocycles. The van der Waals surface area contributed by atoms with Crippen molar-refractivity contribution >= 4 is 33.1 Å². The summed E-state index contributed by atoms with van der Waals surface area (Å²) in [6.45, 7) is 0.315. The molecule has 0 atom stereocenters. The maximum absolute atomic E-state index is 12.8. The molecule has 1 saturated carbocycles. The number of fused-ring (bicyclic) bond motifs is 1. The van der Waals surface area contributed by atoms with Crippen molar-refractivity contribution in [2.24, 2.45) is 0 Å². The standard InChI is InChI=1S/C14H18N4O2S/c15-11-10-5-6-16-17-13(10)21-12(11)14(20)18(7-8-19)9-3-1-2-4-9/h5-6,9,19H,1-4,7-8,15H2. The van der Waals surface area contributed by atoms with Crippen LogP contribution in [0, 0.1) is 0 Å². The Bertz CT molecular complexity index is 651. The van der Waals surface area contributed by atoms with E-state index in [9.17, 15) is 9.90 Å². The number of hydrogen-bond donors (Lipinski definition) is 2. The van der Waals surface area contributed by atoms with E-state index in [4.69, 9.17) is 5.73 Å². The van der Waals surface area contributed by atoms with Gasteiger partial charge in [-0.3, -0.25) is 4.79 Å². The second-order valence-electron chi connectivity index (χ2n) is 5.26. The van der Waals surface area contributed by atoms with Gasteiger partial charge < -0.3 is 15.7 Å². The molecule has 112 valence electrons. The van der Waals surface area contributed by atoms with E-state index in [2.05, 4.69) is 10.2 Å². The predicted octanol–water partition coefficient (Wildman–Crippen LogP) is 1.65. The molecular weight excluding hydrogens is 288 g/mol. The lowest BCUT2D eigenvalue weighted by Crippen LogP contribution is -2.40. The minimum atomic E-state index is -0.101. The van der Waals surface area contributed by atoms with Gasteiger partial charge in [-0.25, -0.2) is 0 Å². The number of thiophene rings is 1. The highest BCUT2D eigenvalue weighted by molar-refractivity contribution is 7.21. The van der Waals surface area contributed by atoms with Gasteiger partial charge in [0.1, 0.15) is 9.71 Å². The zero-order valence-corrected chi connectivity index (χ0v) is 12.5. The molecule has 1 aliphatic carbocycles. The molecule has 0 saturated heterocycles. The van der Waals surface area contributed by atoms with Gasteiger partial charge in [0.25, 0.3) is 5.91 Å². The summed E-state index contributed by atoms with van der Waals surface area (Å²) in [5, 5.41) is 17.9. The van der Waals surface area contributed by atoms with E-state index in [1.165, 1.54) is 11.3 Å². The van der Waals surface area contributed by atoms with Crippen molar-refractivity contribution in [1.29, 1.82) is 0 Å². The molecular formula is C14H18N4O2S. The van der Waals surface area contributed by atoms with Crippen LogP contribution in [-0.2, 0) is 0 Å². The third kappa shape index (κ3) is 2.58. The van der Waals surface area contributed by atoms with E-state index in [1.807, 2.05) is 0 Å². The predicted molar refractivity (Wildman–Crippen MR) is 82.2 cm³/mol. The SMILES string of the molecule is Nc1c(C(=O)N(CCO)C2CCCC2)sc2nnccc12. The van der Waals surface area contributed by atoms with Crippen LogP contribution in [0.3, 0.4) is 0 Å². The van der Waals surface area contributed by atoms with Gasteiger partial charge in [0.2, 0.25) is 0 Å². The summed E-state index contributed by atoms with van der Waals surface area (Å²) in [7, 11) is 0. The van der Waals surface area contributed by atoms with Crippen molar-refractivity contribution in [3.05, 3.63) is 17.1 Å². The monoisotopic (exact) mass is 306 g/mol. The van der Waals surface area contributed by atoms with Gasteiger partial charge in [0.15, 0.2) is 0 Å². The van der Waals surface area contributed by atoms with Crippen LogP contribution in [0.5, 0.6) is 0 Å². The van der Waals surface area contributed by atoms with Crippen molar-refractivity contribution in [2.75, 3.05) is 18.9 Å². The molecule has 7 heteroatoms. The Kier molecular flexibility index (Phi) is 4.03. The van der Waals surface area contributed by atoms with Crippen molar-refractivity contribution in [2.45, 2.75) is 31.7 Å². The summed E-state index contributed by atoms with van der Waals surface area (Å²) < 4.78 is 0. The third-order valence-corrected chi connectivity index (χ3v) is 5.08. The number of aliphatic hydroxyl groups is 1. The lowest BCUT2D eigenvalue weighted by molar-refractivity contribution is 0.0644. The van der Waals surface area contributed by atoms with Crippen LogP contribution in [0.4, 0.5) is 5.69 Å². The molecule has 0 bridgehead atoms. The van der Waals surface area contributed by atoms with Crippen LogP contribution >= 0.6 is 11.3 Å². The number of amides is 1. The minimum absolute atomic E-state index is 0.0349. The average Bonchev–Trinajstić information content (AvgIpc) is 3.13. The van der Waals surface area contributed by atoms with Crippen molar-refractivity contribution in [1.82, 2.24) is 15.1 Å². The second-order valence-corrected chi connectivity index (χ2v) is 6.25. The number of carbonyl (C=O) groups excluding carboxylic acids is 1. The van der Waals surface area contributed by atoms with Crippen LogP contribution in [0.1, 0.15) is 35.4 Å². The third-order valence-electron chi connectivity index (χ3n) is 3.98. The number of nitrogens with zero attached hydrogens (tertiary/aromatic N) is 3. The van der Waals surface area contributed by atoms with Crippen LogP contribution in [0.15, 0.2) is 12.3 Å². The number of nitrogens with two attached hydrogens (primary N) is 1. The van der Waals surface area contributed by atoms with Crippen molar-refractivity contribution in [3.8, 4) is 0 Å². The molecule has 0 aliphatic heterocycles. The molecule has 1 fully saturated rings. The Morgan fingerprint density at radius 3 is 2.90 bits per heavy atom. The van der Waals surface area contributed by atoms with Crippen molar-refractivity contribution < 1.29 is 9.90 Å². The van der Waals surface area contributed by atoms with Crippen LogP contribution in [0.2, 0.25) is 0 Å². The lowest BCUT2D eigenvalue weighted by atomic mass is 10.2. The summed E-state index contributed by atoms with van der Waals surface area (Å²) in [5.41, 5.74) is 6.57. The van der Waals surface area contributed by atoms with E-state index in [1.54, 1.807) is 17.2 Å². The number of rotatable bonds is 4. The number of aromatic nitrogens is 2. The molecule has 6 nitrogen and oxygen atoms in total. The van der Waals surface area contributed by atoms with E-state index in [-0.39, 0.29) is 18.6 Å². The zero-order valence-electron chi connectivity index (χ0n) is 11.7. The highest BCUT2D eigenvalue weighted by Gasteiger charge is 2.29. The lowest BCUT2D eigenvalue weighted by Gasteiger charge is -2.28. The van der Waals surface area contributed by atoms with E-state index in [0.717, 1.165) is 31.1 Å². The van der Waals surface area contributed by atoms with Crippen molar-refractivity contribution in [3.63, 3.8) is 0 Å². The van der Waals surface area contributed by atoms with Crippen LogP contribution < -0.4 is 5.73 Å².